The fourth-order valence-electron chi connectivity index (χ4n) is 1.29. The van der Waals surface area contributed by atoms with Crippen LogP contribution in [0.3, 0.4) is 0 Å². The van der Waals surface area contributed by atoms with Crippen molar-refractivity contribution in [1.29, 1.82) is 0 Å². The van der Waals surface area contributed by atoms with Crippen molar-refractivity contribution in [3.05, 3.63) is 12.2 Å². The minimum absolute atomic E-state index is 0.602. The van der Waals surface area contributed by atoms with Gasteiger partial charge in [-0.2, -0.15) is 5.10 Å². The van der Waals surface area contributed by atoms with Gasteiger partial charge in [0.25, 0.3) is 0 Å². The molecule has 1 heterocycles. The van der Waals surface area contributed by atoms with Crippen molar-refractivity contribution in [1.82, 2.24) is 14.8 Å². The number of hydrogen-bond acceptors (Lipinski definition) is 2. The van der Waals surface area contributed by atoms with Crippen LogP contribution in [0.2, 0.25) is 0 Å². The van der Waals surface area contributed by atoms with Crippen LogP contribution in [0.4, 0.5) is 0 Å². The van der Waals surface area contributed by atoms with E-state index in [0.717, 1.165) is 18.8 Å². The van der Waals surface area contributed by atoms with Crippen LogP contribution in [0.15, 0.2) is 6.33 Å². The Morgan fingerprint density at radius 3 is 3.00 bits per heavy atom. The molecule has 0 aliphatic carbocycles. The summed E-state index contributed by atoms with van der Waals surface area (Å²) >= 11 is 3.53. The Morgan fingerprint density at radius 2 is 2.38 bits per heavy atom. The van der Waals surface area contributed by atoms with Gasteiger partial charge in [-0.3, -0.25) is 4.68 Å². The van der Waals surface area contributed by atoms with Crippen molar-refractivity contribution in [2.24, 2.45) is 0 Å². The number of halogens is 1. The molecule has 1 unspecified atom stereocenters. The minimum Gasteiger partial charge on any atom is -0.250 e. The Balaban J connectivity index is 2.36. The van der Waals surface area contributed by atoms with Crippen LogP contribution in [0, 0.1) is 0 Å². The molecule has 0 aromatic carbocycles. The predicted octanol–water partition coefficient (Wildman–Crippen LogP) is 2.40. The summed E-state index contributed by atoms with van der Waals surface area (Å²) in [5.41, 5.74) is 0. The quantitative estimate of drug-likeness (QED) is 0.747. The molecule has 0 amide bonds. The highest BCUT2D eigenvalue weighted by atomic mass is 79.9. The zero-order chi connectivity index (χ0) is 9.68. The summed E-state index contributed by atoms with van der Waals surface area (Å²) in [6.45, 7) is 5.18. The van der Waals surface area contributed by atoms with Gasteiger partial charge in [-0.25, -0.2) is 4.98 Å². The lowest BCUT2D eigenvalue weighted by molar-refractivity contribution is 0.594. The SMILES string of the molecule is CCn1ncnc1CCCC(C)Br. The Kier molecular flexibility index (Phi) is 4.42. The molecule has 13 heavy (non-hydrogen) atoms. The number of aryl methyl sites for hydroxylation is 2. The smallest absolute Gasteiger partial charge is 0.138 e. The van der Waals surface area contributed by atoms with Crippen molar-refractivity contribution in [2.45, 2.75) is 44.5 Å². The summed E-state index contributed by atoms with van der Waals surface area (Å²) in [7, 11) is 0. The molecule has 74 valence electrons. The van der Waals surface area contributed by atoms with Crippen LogP contribution >= 0.6 is 15.9 Å². The topological polar surface area (TPSA) is 30.7 Å². The van der Waals surface area contributed by atoms with E-state index < -0.39 is 0 Å². The molecule has 1 atom stereocenters. The summed E-state index contributed by atoms with van der Waals surface area (Å²) < 4.78 is 1.96. The van der Waals surface area contributed by atoms with Crippen molar-refractivity contribution in [3.63, 3.8) is 0 Å². The molecule has 0 saturated carbocycles. The van der Waals surface area contributed by atoms with Gasteiger partial charge in [-0.05, 0) is 19.8 Å². The first kappa shape index (κ1) is 10.7. The molecular formula is C9H16BrN3. The summed E-state index contributed by atoms with van der Waals surface area (Å²) in [4.78, 5) is 4.82. The number of nitrogens with zero attached hydrogens (tertiary/aromatic N) is 3. The molecule has 0 N–H and O–H groups in total. The third-order valence-corrected chi connectivity index (χ3v) is 2.46. The van der Waals surface area contributed by atoms with Gasteiger partial charge in [0.05, 0.1) is 0 Å². The second-order valence-corrected chi connectivity index (χ2v) is 4.73. The molecular weight excluding hydrogens is 230 g/mol. The number of rotatable bonds is 5. The van der Waals surface area contributed by atoms with E-state index in [1.165, 1.54) is 12.8 Å². The normalized spacial score (nSPS) is 13.2. The molecule has 0 saturated heterocycles. The van der Waals surface area contributed by atoms with E-state index in [2.05, 4.69) is 39.9 Å². The maximum atomic E-state index is 4.22. The van der Waals surface area contributed by atoms with E-state index in [0.29, 0.717) is 4.83 Å². The number of alkyl halides is 1. The van der Waals surface area contributed by atoms with Crippen LogP contribution in [-0.2, 0) is 13.0 Å². The molecule has 1 rings (SSSR count). The lowest BCUT2D eigenvalue weighted by atomic mass is 10.2. The van der Waals surface area contributed by atoms with Gasteiger partial charge in [0.1, 0.15) is 12.2 Å². The molecule has 0 radical (unpaired) electrons. The van der Waals surface area contributed by atoms with E-state index in [1.54, 1.807) is 6.33 Å². The van der Waals surface area contributed by atoms with Crippen molar-refractivity contribution in [2.75, 3.05) is 0 Å². The van der Waals surface area contributed by atoms with Gasteiger partial charge in [-0.1, -0.05) is 22.9 Å². The van der Waals surface area contributed by atoms with E-state index in [-0.39, 0.29) is 0 Å². The summed E-state index contributed by atoms with van der Waals surface area (Å²) in [6.07, 6.45) is 5.03. The lowest BCUT2D eigenvalue weighted by Crippen LogP contribution is -2.04. The summed E-state index contributed by atoms with van der Waals surface area (Å²) in [5, 5.41) is 4.13. The minimum atomic E-state index is 0.602. The van der Waals surface area contributed by atoms with E-state index in [1.807, 2.05) is 4.68 Å². The highest BCUT2D eigenvalue weighted by Gasteiger charge is 2.02. The standard InChI is InChI=1S/C9H16BrN3/c1-3-13-9(11-7-12-13)6-4-5-8(2)10/h7-8H,3-6H2,1-2H3. The molecule has 1 aromatic rings. The highest BCUT2D eigenvalue weighted by molar-refractivity contribution is 9.09. The van der Waals surface area contributed by atoms with Crippen LogP contribution in [0.25, 0.3) is 0 Å². The first-order chi connectivity index (χ1) is 6.24. The van der Waals surface area contributed by atoms with E-state index in [4.69, 9.17) is 0 Å². The van der Waals surface area contributed by atoms with Crippen molar-refractivity contribution >= 4 is 15.9 Å². The van der Waals surface area contributed by atoms with Gasteiger partial charge in [0.2, 0.25) is 0 Å². The Bertz CT molecular complexity index is 245. The van der Waals surface area contributed by atoms with Crippen molar-refractivity contribution in [3.8, 4) is 0 Å². The molecule has 1 aromatic heterocycles. The highest BCUT2D eigenvalue weighted by Crippen LogP contribution is 2.09. The second-order valence-electron chi connectivity index (χ2n) is 3.17. The molecule has 0 spiro atoms. The number of aromatic nitrogens is 3. The molecule has 0 aliphatic rings. The maximum absolute atomic E-state index is 4.22. The first-order valence-corrected chi connectivity index (χ1v) is 5.66. The van der Waals surface area contributed by atoms with Gasteiger partial charge in [0, 0.05) is 17.8 Å². The predicted molar refractivity (Wildman–Crippen MR) is 57.0 cm³/mol. The van der Waals surface area contributed by atoms with Gasteiger partial charge in [-0.15, -0.1) is 0 Å². The van der Waals surface area contributed by atoms with Gasteiger partial charge >= 0.3 is 0 Å². The van der Waals surface area contributed by atoms with Crippen molar-refractivity contribution < 1.29 is 0 Å². The van der Waals surface area contributed by atoms with Crippen LogP contribution < -0.4 is 0 Å². The molecule has 0 bridgehead atoms. The maximum Gasteiger partial charge on any atom is 0.138 e. The third-order valence-electron chi connectivity index (χ3n) is 2.00. The lowest BCUT2D eigenvalue weighted by Gasteiger charge is -2.03. The van der Waals surface area contributed by atoms with Gasteiger partial charge in [0.15, 0.2) is 0 Å². The van der Waals surface area contributed by atoms with Crippen LogP contribution in [0.1, 0.15) is 32.5 Å². The fourth-order valence-corrected chi connectivity index (χ4v) is 1.61. The Morgan fingerprint density at radius 1 is 1.62 bits per heavy atom. The monoisotopic (exact) mass is 245 g/mol. The Hall–Kier alpha value is -0.380. The fraction of sp³-hybridized carbons (Fsp3) is 0.778. The Labute approximate surface area is 87.7 Å². The molecule has 0 aliphatic heterocycles. The molecule has 0 fully saturated rings. The zero-order valence-electron chi connectivity index (χ0n) is 8.20. The summed E-state index contributed by atoms with van der Waals surface area (Å²) in [5.74, 6) is 1.11. The molecule has 4 heteroatoms. The number of hydrogen-bond donors (Lipinski definition) is 0. The van der Waals surface area contributed by atoms with Crippen LogP contribution in [0.5, 0.6) is 0 Å². The first-order valence-electron chi connectivity index (χ1n) is 4.74. The van der Waals surface area contributed by atoms with E-state index in [9.17, 15) is 0 Å². The molecule has 3 nitrogen and oxygen atoms in total. The van der Waals surface area contributed by atoms with E-state index >= 15 is 0 Å². The largest absolute Gasteiger partial charge is 0.250 e. The average Bonchev–Trinajstić information content (AvgIpc) is 2.51. The van der Waals surface area contributed by atoms with Gasteiger partial charge < -0.3 is 0 Å². The third kappa shape index (κ3) is 3.46. The average molecular weight is 246 g/mol. The zero-order valence-corrected chi connectivity index (χ0v) is 9.79. The van der Waals surface area contributed by atoms with Crippen LogP contribution in [-0.4, -0.2) is 19.6 Å². The second kappa shape index (κ2) is 5.37. The summed E-state index contributed by atoms with van der Waals surface area (Å²) in [6, 6.07) is 0.